The highest BCUT2D eigenvalue weighted by atomic mass is 15.2. The zero-order chi connectivity index (χ0) is 19.6. The highest BCUT2D eigenvalue weighted by Crippen LogP contribution is 2.24. The highest BCUT2D eigenvalue weighted by Gasteiger charge is 2.14. The first-order valence-corrected chi connectivity index (χ1v) is 9.82. The molecule has 0 atom stereocenters. The second-order valence-electron chi connectivity index (χ2n) is 7.31. The van der Waals surface area contributed by atoms with Crippen LogP contribution in [0.5, 0.6) is 0 Å². The minimum absolute atomic E-state index is 0.573. The zero-order valence-electron chi connectivity index (χ0n) is 16.4. The summed E-state index contributed by atoms with van der Waals surface area (Å²) in [5, 5.41) is 4.34. The van der Waals surface area contributed by atoms with Crippen molar-refractivity contribution in [2.24, 2.45) is 0 Å². The Morgan fingerprint density at radius 1 is 0.931 bits per heavy atom. The van der Waals surface area contributed by atoms with E-state index in [9.17, 15) is 0 Å². The van der Waals surface area contributed by atoms with Crippen LogP contribution in [0, 0.1) is 0 Å². The lowest BCUT2D eigenvalue weighted by molar-refractivity contribution is 0.313. The van der Waals surface area contributed by atoms with Crippen molar-refractivity contribution in [3.05, 3.63) is 67.1 Å². The lowest BCUT2D eigenvalue weighted by atomic mass is 10.2. The molecule has 0 bridgehead atoms. The van der Waals surface area contributed by atoms with E-state index in [0.717, 1.165) is 48.7 Å². The zero-order valence-corrected chi connectivity index (χ0v) is 16.4. The SMILES string of the molecule is CN1CCN(c2cccc(Nc3ncc4ccn(-c5ccccn5)c4n3)c2)CC1. The fourth-order valence-corrected chi connectivity index (χ4v) is 3.63. The maximum atomic E-state index is 4.74. The quantitative estimate of drug-likeness (QED) is 0.582. The van der Waals surface area contributed by atoms with Crippen LogP contribution in [0.2, 0.25) is 0 Å². The molecule has 0 radical (unpaired) electrons. The molecule has 4 heterocycles. The number of hydrogen-bond acceptors (Lipinski definition) is 6. The highest BCUT2D eigenvalue weighted by molar-refractivity contribution is 5.78. The third kappa shape index (κ3) is 3.64. The van der Waals surface area contributed by atoms with Crippen LogP contribution in [0.4, 0.5) is 17.3 Å². The summed E-state index contributed by atoms with van der Waals surface area (Å²) in [6, 6.07) is 16.3. The van der Waals surface area contributed by atoms with Crippen LogP contribution in [-0.4, -0.2) is 57.6 Å². The van der Waals surface area contributed by atoms with Gasteiger partial charge in [0.2, 0.25) is 5.95 Å². The monoisotopic (exact) mass is 385 g/mol. The molecule has 0 amide bonds. The van der Waals surface area contributed by atoms with Crippen molar-refractivity contribution >= 4 is 28.4 Å². The predicted molar refractivity (Wildman–Crippen MR) is 116 cm³/mol. The molecule has 0 saturated carbocycles. The molecule has 1 saturated heterocycles. The number of hydrogen-bond donors (Lipinski definition) is 1. The molecule has 5 rings (SSSR count). The second-order valence-corrected chi connectivity index (χ2v) is 7.31. The van der Waals surface area contributed by atoms with Gasteiger partial charge in [0.1, 0.15) is 5.82 Å². The first-order chi connectivity index (χ1) is 14.3. The van der Waals surface area contributed by atoms with E-state index in [1.165, 1.54) is 5.69 Å². The number of rotatable bonds is 4. The maximum absolute atomic E-state index is 4.74. The molecule has 146 valence electrons. The summed E-state index contributed by atoms with van der Waals surface area (Å²) in [4.78, 5) is 18.4. The van der Waals surface area contributed by atoms with Gasteiger partial charge >= 0.3 is 0 Å². The smallest absolute Gasteiger partial charge is 0.229 e. The summed E-state index contributed by atoms with van der Waals surface area (Å²) in [5.41, 5.74) is 3.04. The minimum Gasteiger partial charge on any atom is -0.369 e. The summed E-state index contributed by atoms with van der Waals surface area (Å²) in [5.74, 6) is 1.41. The molecule has 0 spiro atoms. The largest absolute Gasteiger partial charge is 0.369 e. The van der Waals surface area contributed by atoms with Gasteiger partial charge in [-0.3, -0.25) is 4.57 Å². The van der Waals surface area contributed by atoms with Crippen LogP contribution >= 0.6 is 0 Å². The topological polar surface area (TPSA) is 62.1 Å². The number of likely N-dealkylation sites (N-methyl/N-ethyl adjacent to an activating group) is 1. The Labute approximate surface area is 169 Å². The molecule has 1 N–H and O–H groups in total. The molecule has 1 aliphatic rings. The first-order valence-electron chi connectivity index (χ1n) is 9.82. The van der Waals surface area contributed by atoms with Crippen molar-refractivity contribution < 1.29 is 0 Å². The van der Waals surface area contributed by atoms with Gasteiger partial charge in [0, 0.05) is 61.5 Å². The van der Waals surface area contributed by atoms with Gasteiger partial charge in [-0.1, -0.05) is 12.1 Å². The van der Waals surface area contributed by atoms with E-state index < -0.39 is 0 Å². The van der Waals surface area contributed by atoms with Gasteiger partial charge in [0.05, 0.1) is 0 Å². The maximum Gasteiger partial charge on any atom is 0.229 e. The van der Waals surface area contributed by atoms with Crippen LogP contribution in [0.1, 0.15) is 0 Å². The number of anilines is 3. The van der Waals surface area contributed by atoms with Crippen LogP contribution in [0.25, 0.3) is 16.9 Å². The van der Waals surface area contributed by atoms with Gasteiger partial charge in [-0.15, -0.1) is 0 Å². The van der Waals surface area contributed by atoms with Crippen LogP contribution in [-0.2, 0) is 0 Å². The van der Waals surface area contributed by atoms with E-state index in [0.29, 0.717) is 5.95 Å². The molecule has 1 aromatic carbocycles. The Morgan fingerprint density at radius 2 is 1.83 bits per heavy atom. The van der Waals surface area contributed by atoms with Crippen LogP contribution < -0.4 is 10.2 Å². The number of nitrogens with zero attached hydrogens (tertiary/aromatic N) is 6. The third-order valence-electron chi connectivity index (χ3n) is 5.29. The molecule has 1 fully saturated rings. The number of piperazine rings is 1. The van der Waals surface area contributed by atoms with E-state index in [-0.39, 0.29) is 0 Å². The lowest BCUT2D eigenvalue weighted by Gasteiger charge is -2.34. The van der Waals surface area contributed by atoms with E-state index in [2.05, 4.69) is 50.3 Å². The molecule has 29 heavy (non-hydrogen) atoms. The minimum atomic E-state index is 0.573. The van der Waals surface area contributed by atoms with Crippen molar-refractivity contribution in [3.63, 3.8) is 0 Å². The number of pyridine rings is 1. The number of benzene rings is 1. The average molecular weight is 385 g/mol. The molecule has 0 aliphatic carbocycles. The van der Waals surface area contributed by atoms with Crippen molar-refractivity contribution in [2.45, 2.75) is 0 Å². The fourth-order valence-electron chi connectivity index (χ4n) is 3.63. The van der Waals surface area contributed by atoms with Crippen molar-refractivity contribution in [1.29, 1.82) is 0 Å². The number of nitrogens with one attached hydrogen (secondary N) is 1. The summed E-state index contributed by atoms with van der Waals surface area (Å²) >= 11 is 0. The summed E-state index contributed by atoms with van der Waals surface area (Å²) in [6.45, 7) is 4.25. The van der Waals surface area contributed by atoms with Gasteiger partial charge in [-0.25, -0.2) is 9.97 Å². The Morgan fingerprint density at radius 3 is 2.66 bits per heavy atom. The Bertz CT molecular complexity index is 1110. The lowest BCUT2D eigenvalue weighted by Crippen LogP contribution is -2.44. The van der Waals surface area contributed by atoms with E-state index in [4.69, 9.17) is 4.98 Å². The molecule has 7 heteroatoms. The molecular weight excluding hydrogens is 362 g/mol. The van der Waals surface area contributed by atoms with Crippen LogP contribution in [0.15, 0.2) is 67.1 Å². The van der Waals surface area contributed by atoms with Gasteiger partial charge in [-0.05, 0) is 43.4 Å². The molecule has 1 aliphatic heterocycles. The van der Waals surface area contributed by atoms with Crippen molar-refractivity contribution in [2.75, 3.05) is 43.4 Å². The second kappa shape index (κ2) is 7.52. The predicted octanol–water partition coefficient (Wildman–Crippen LogP) is 3.31. The van der Waals surface area contributed by atoms with Crippen molar-refractivity contribution in [3.8, 4) is 5.82 Å². The molecule has 0 unspecified atom stereocenters. The fraction of sp³-hybridized carbons (Fsp3) is 0.227. The van der Waals surface area contributed by atoms with Crippen molar-refractivity contribution in [1.82, 2.24) is 24.4 Å². The third-order valence-corrected chi connectivity index (χ3v) is 5.29. The van der Waals surface area contributed by atoms with Gasteiger partial charge < -0.3 is 15.1 Å². The Kier molecular flexibility index (Phi) is 4.57. The molecule has 4 aromatic rings. The normalized spacial score (nSPS) is 15.0. The summed E-state index contributed by atoms with van der Waals surface area (Å²) in [7, 11) is 2.17. The van der Waals surface area contributed by atoms with Gasteiger partial charge in [-0.2, -0.15) is 4.98 Å². The van der Waals surface area contributed by atoms with Gasteiger partial charge in [0.25, 0.3) is 0 Å². The molecule has 3 aromatic heterocycles. The van der Waals surface area contributed by atoms with Crippen LogP contribution in [0.3, 0.4) is 0 Å². The van der Waals surface area contributed by atoms with E-state index >= 15 is 0 Å². The standard InChI is InChI=1S/C22H23N7/c1-27-11-13-28(14-12-27)19-6-4-5-18(15-19)25-22-24-16-17-8-10-29(21(17)26-22)20-7-2-3-9-23-20/h2-10,15-16H,11-14H2,1H3,(H,24,25,26). The average Bonchev–Trinajstić information content (AvgIpc) is 3.18. The van der Waals surface area contributed by atoms with Gasteiger partial charge in [0.15, 0.2) is 5.65 Å². The number of aromatic nitrogens is 4. The first kappa shape index (κ1) is 17.6. The van der Waals surface area contributed by atoms with E-state index in [1.807, 2.05) is 47.3 Å². The molecular formula is C22H23N7. The molecule has 7 nitrogen and oxygen atoms in total. The Hall–Kier alpha value is -3.45. The Balaban J connectivity index is 1.41. The van der Waals surface area contributed by atoms with E-state index in [1.54, 1.807) is 6.20 Å². The summed E-state index contributed by atoms with van der Waals surface area (Å²) in [6.07, 6.45) is 5.60. The number of fused-ring (bicyclic) bond motifs is 1. The summed E-state index contributed by atoms with van der Waals surface area (Å²) < 4.78 is 1.98.